The molecule has 2 heterocycles. The molecule has 2 aromatic heterocycles. The van der Waals surface area contributed by atoms with Crippen LogP contribution >= 0.6 is 0 Å². The molecule has 0 radical (unpaired) electrons. The van der Waals surface area contributed by atoms with Gasteiger partial charge in [0.15, 0.2) is 17.3 Å². The standard InChI is InChI=1S/C15H10F5N5/c16-9-2-1-7(5-10(9)17)8-6-11(8)21-12-3-4-13-22-23-14(15(18,19)20)25(13)24-12/h1-5,8,11H,6H2,(H,21,24)/t8-,11+/m1/s1. The Morgan fingerprint density at radius 2 is 1.84 bits per heavy atom. The van der Waals surface area contributed by atoms with Crippen molar-refractivity contribution in [2.75, 3.05) is 5.32 Å². The van der Waals surface area contributed by atoms with Crippen molar-refractivity contribution in [3.8, 4) is 0 Å². The second-order valence-electron chi connectivity index (χ2n) is 5.78. The van der Waals surface area contributed by atoms with Gasteiger partial charge in [-0.1, -0.05) is 6.07 Å². The number of rotatable bonds is 3. The monoisotopic (exact) mass is 355 g/mol. The Balaban J connectivity index is 1.55. The largest absolute Gasteiger partial charge is 0.453 e. The molecule has 0 bridgehead atoms. The van der Waals surface area contributed by atoms with Crippen LogP contribution < -0.4 is 5.32 Å². The highest BCUT2D eigenvalue weighted by molar-refractivity contribution is 5.47. The Bertz CT molecular complexity index is 951. The zero-order valence-corrected chi connectivity index (χ0v) is 12.4. The van der Waals surface area contributed by atoms with Gasteiger partial charge in [-0.15, -0.1) is 15.3 Å². The first kappa shape index (κ1) is 15.7. The molecule has 0 amide bonds. The maximum atomic E-state index is 13.3. The second-order valence-corrected chi connectivity index (χ2v) is 5.78. The molecule has 4 rings (SSSR count). The average molecular weight is 355 g/mol. The van der Waals surface area contributed by atoms with E-state index in [1.807, 2.05) is 0 Å². The Kier molecular flexibility index (Phi) is 3.37. The smallest absolute Gasteiger partial charge is 0.365 e. The number of hydrogen-bond donors (Lipinski definition) is 1. The fourth-order valence-electron chi connectivity index (χ4n) is 2.70. The summed E-state index contributed by atoms with van der Waals surface area (Å²) >= 11 is 0. The van der Waals surface area contributed by atoms with Gasteiger partial charge in [0.1, 0.15) is 5.82 Å². The van der Waals surface area contributed by atoms with Crippen molar-refractivity contribution in [1.82, 2.24) is 19.8 Å². The van der Waals surface area contributed by atoms with Gasteiger partial charge in [0.05, 0.1) is 0 Å². The van der Waals surface area contributed by atoms with Crippen LogP contribution in [0.4, 0.5) is 27.8 Å². The minimum absolute atomic E-state index is 0.0224. The van der Waals surface area contributed by atoms with Crippen molar-refractivity contribution >= 4 is 11.5 Å². The summed E-state index contributed by atoms with van der Waals surface area (Å²) in [5, 5.41) is 13.4. The molecule has 1 aliphatic rings. The van der Waals surface area contributed by atoms with E-state index in [0.717, 1.165) is 12.1 Å². The molecule has 0 saturated heterocycles. The third kappa shape index (κ3) is 2.87. The lowest BCUT2D eigenvalue weighted by Gasteiger charge is -2.07. The summed E-state index contributed by atoms with van der Waals surface area (Å²) in [5.41, 5.74) is 0.601. The zero-order valence-electron chi connectivity index (χ0n) is 12.4. The number of hydrogen-bond acceptors (Lipinski definition) is 4. The van der Waals surface area contributed by atoms with E-state index in [0.29, 0.717) is 16.5 Å². The Hall–Kier alpha value is -2.78. The molecule has 10 heteroatoms. The first-order valence-electron chi connectivity index (χ1n) is 7.34. The third-order valence-corrected chi connectivity index (χ3v) is 4.01. The molecule has 25 heavy (non-hydrogen) atoms. The summed E-state index contributed by atoms with van der Waals surface area (Å²) in [4.78, 5) is 0. The van der Waals surface area contributed by atoms with Gasteiger partial charge in [0.25, 0.3) is 5.82 Å². The van der Waals surface area contributed by atoms with E-state index in [9.17, 15) is 22.0 Å². The maximum Gasteiger partial charge on any atom is 0.453 e. The van der Waals surface area contributed by atoms with E-state index in [1.54, 1.807) is 0 Å². The molecule has 1 fully saturated rings. The second kappa shape index (κ2) is 5.36. The van der Waals surface area contributed by atoms with Crippen LogP contribution in [0.1, 0.15) is 23.7 Å². The first-order chi connectivity index (χ1) is 11.8. The van der Waals surface area contributed by atoms with Crippen LogP contribution in [-0.2, 0) is 6.18 Å². The fourth-order valence-corrected chi connectivity index (χ4v) is 2.70. The first-order valence-corrected chi connectivity index (χ1v) is 7.34. The zero-order chi connectivity index (χ0) is 17.8. The van der Waals surface area contributed by atoms with Crippen LogP contribution in [0.25, 0.3) is 5.65 Å². The van der Waals surface area contributed by atoms with Crippen LogP contribution in [0.5, 0.6) is 0 Å². The Morgan fingerprint density at radius 3 is 2.56 bits per heavy atom. The average Bonchev–Trinajstić information content (AvgIpc) is 3.16. The van der Waals surface area contributed by atoms with Crippen LogP contribution in [0.15, 0.2) is 30.3 Å². The molecule has 1 aromatic carbocycles. The molecular weight excluding hydrogens is 345 g/mol. The van der Waals surface area contributed by atoms with Gasteiger partial charge in [-0.05, 0) is 36.2 Å². The molecule has 3 aromatic rings. The molecule has 0 aliphatic heterocycles. The van der Waals surface area contributed by atoms with Gasteiger partial charge < -0.3 is 5.32 Å². The quantitative estimate of drug-likeness (QED) is 0.732. The van der Waals surface area contributed by atoms with E-state index in [1.165, 1.54) is 18.2 Å². The van der Waals surface area contributed by atoms with E-state index in [4.69, 9.17) is 0 Å². The minimum Gasteiger partial charge on any atom is -0.365 e. The van der Waals surface area contributed by atoms with Gasteiger partial charge >= 0.3 is 6.18 Å². The lowest BCUT2D eigenvalue weighted by atomic mass is 10.1. The lowest BCUT2D eigenvalue weighted by molar-refractivity contribution is -0.146. The molecule has 1 aliphatic carbocycles. The van der Waals surface area contributed by atoms with Crippen molar-refractivity contribution in [2.24, 2.45) is 0 Å². The number of nitrogens with zero attached hydrogens (tertiary/aromatic N) is 4. The Morgan fingerprint density at radius 1 is 1.04 bits per heavy atom. The lowest BCUT2D eigenvalue weighted by Crippen LogP contribution is -2.14. The van der Waals surface area contributed by atoms with Gasteiger partial charge in [0, 0.05) is 12.0 Å². The molecular formula is C15H10F5N5. The van der Waals surface area contributed by atoms with Crippen molar-refractivity contribution in [3.05, 3.63) is 53.4 Å². The van der Waals surface area contributed by atoms with Crippen molar-refractivity contribution in [3.63, 3.8) is 0 Å². The van der Waals surface area contributed by atoms with Crippen LogP contribution in [0.2, 0.25) is 0 Å². The van der Waals surface area contributed by atoms with Crippen LogP contribution in [0.3, 0.4) is 0 Å². The molecule has 2 atom stereocenters. The van der Waals surface area contributed by atoms with Gasteiger partial charge in [-0.25, -0.2) is 8.78 Å². The summed E-state index contributed by atoms with van der Waals surface area (Å²) in [5.74, 6) is -2.90. The number of nitrogens with one attached hydrogen (secondary N) is 1. The highest BCUT2D eigenvalue weighted by Gasteiger charge is 2.40. The fraction of sp³-hybridized carbons (Fsp3) is 0.267. The Labute approximate surface area is 137 Å². The normalized spacial score (nSPS) is 20.0. The van der Waals surface area contributed by atoms with E-state index in [2.05, 4.69) is 20.6 Å². The SMILES string of the molecule is Fc1ccc([C@H]2C[C@@H]2Nc2ccc3nnc(C(F)(F)F)n3n2)cc1F. The van der Waals surface area contributed by atoms with Crippen molar-refractivity contribution in [2.45, 2.75) is 24.6 Å². The summed E-state index contributed by atoms with van der Waals surface area (Å²) in [6, 6.07) is 6.40. The molecule has 0 spiro atoms. The predicted octanol–water partition coefficient (Wildman–Crippen LogP) is 3.39. The number of alkyl halides is 3. The van der Waals surface area contributed by atoms with Crippen molar-refractivity contribution in [1.29, 1.82) is 0 Å². The molecule has 1 N–H and O–H groups in total. The minimum atomic E-state index is -4.67. The summed E-state index contributed by atoms with van der Waals surface area (Å²) in [6.45, 7) is 0. The summed E-state index contributed by atoms with van der Waals surface area (Å²) in [6.07, 6.45) is -4.03. The van der Waals surface area contributed by atoms with Crippen LogP contribution in [-0.4, -0.2) is 25.9 Å². The number of halogens is 5. The number of aromatic nitrogens is 4. The summed E-state index contributed by atoms with van der Waals surface area (Å²) < 4.78 is 65.5. The number of fused-ring (bicyclic) bond motifs is 1. The molecule has 5 nitrogen and oxygen atoms in total. The van der Waals surface area contributed by atoms with Gasteiger partial charge in [-0.3, -0.25) is 0 Å². The third-order valence-electron chi connectivity index (χ3n) is 4.01. The van der Waals surface area contributed by atoms with Gasteiger partial charge in [-0.2, -0.15) is 17.7 Å². The van der Waals surface area contributed by atoms with E-state index >= 15 is 0 Å². The van der Waals surface area contributed by atoms with Gasteiger partial charge in [0.2, 0.25) is 0 Å². The molecule has 1 saturated carbocycles. The highest BCUT2D eigenvalue weighted by atomic mass is 19.4. The van der Waals surface area contributed by atoms with Crippen molar-refractivity contribution < 1.29 is 22.0 Å². The van der Waals surface area contributed by atoms with Crippen LogP contribution in [0, 0.1) is 11.6 Å². The molecule has 130 valence electrons. The van der Waals surface area contributed by atoms with E-state index in [-0.39, 0.29) is 23.4 Å². The number of anilines is 1. The molecule has 0 unspecified atom stereocenters. The topological polar surface area (TPSA) is 55.1 Å². The maximum absolute atomic E-state index is 13.3. The predicted molar refractivity (Wildman–Crippen MR) is 76.9 cm³/mol. The van der Waals surface area contributed by atoms with E-state index < -0.39 is 23.6 Å². The summed E-state index contributed by atoms with van der Waals surface area (Å²) in [7, 11) is 0. The highest BCUT2D eigenvalue weighted by Crippen LogP contribution is 2.43. The number of benzene rings is 1.